The molecule has 0 bridgehead atoms. The lowest BCUT2D eigenvalue weighted by Gasteiger charge is -2.31. The van der Waals surface area contributed by atoms with Crippen molar-refractivity contribution in [3.63, 3.8) is 0 Å². The Morgan fingerprint density at radius 1 is 1.12 bits per heavy atom. The quantitative estimate of drug-likeness (QED) is 0.903. The van der Waals surface area contributed by atoms with Gasteiger partial charge in [0, 0.05) is 25.0 Å². The van der Waals surface area contributed by atoms with E-state index in [1.807, 2.05) is 0 Å². The summed E-state index contributed by atoms with van der Waals surface area (Å²) in [6.45, 7) is 0.981. The van der Waals surface area contributed by atoms with Crippen LogP contribution in [-0.4, -0.2) is 24.7 Å². The van der Waals surface area contributed by atoms with Crippen molar-refractivity contribution in [1.29, 1.82) is 0 Å². The Balaban J connectivity index is 1.63. The van der Waals surface area contributed by atoms with Crippen LogP contribution in [0.4, 0.5) is 10.1 Å². The summed E-state index contributed by atoms with van der Waals surface area (Å²) in [6.07, 6.45) is 0.999. The monoisotopic (exact) mass is 330 g/mol. The van der Waals surface area contributed by atoms with Gasteiger partial charge in [-0.25, -0.2) is 4.39 Å². The van der Waals surface area contributed by atoms with Crippen LogP contribution in [-0.2, 0) is 9.53 Å². The van der Waals surface area contributed by atoms with E-state index in [1.165, 1.54) is 12.1 Å². The molecular formula is C18H19FN2O3. The molecule has 0 saturated carbocycles. The molecule has 1 saturated heterocycles. The topological polar surface area (TPSA) is 73.6 Å². The molecule has 2 aromatic rings. The SMILES string of the molecule is NC1(C(=O)Nc2ccc(Oc3cccc(F)c3)cc2)CCOCC1. The fourth-order valence-electron chi connectivity index (χ4n) is 2.49. The third-order valence-electron chi connectivity index (χ3n) is 3.98. The van der Waals surface area contributed by atoms with Gasteiger partial charge in [0.1, 0.15) is 22.9 Å². The molecule has 0 aliphatic carbocycles. The molecule has 3 rings (SSSR count). The predicted molar refractivity (Wildman–Crippen MR) is 88.5 cm³/mol. The van der Waals surface area contributed by atoms with E-state index in [-0.39, 0.29) is 11.7 Å². The van der Waals surface area contributed by atoms with Crippen LogP contribution in [0.5, 0.6) is 11.5 Å². The largest absolute Gasteiger partial charge is 0.457 e. The first-order valence-electron chi connectivity index (χ1n) is 7.77. The first kappa shape index (κ1) is 16.4. The summed E-state index contributed by atoms with van der Waals surface area (Å²) in [5.74, 6) is 0.382. The Morgan fingerprint density at radius 3 is 2.50 bits per heavy atom. The zero-order chi connectivity index (χ0) is 17.0. The molecule has 1 aliphatic rings. The van der Waals surface area contributed by atoms with Crippen LogP contribution in [0.1, 0.15) is 12.8 Å². The lowest BCUT2D eigenvalue weighted by molar-refractivity contribution is -0.124. The smallest absolute Gasteiger partial charge is 0.244 e. The molecule has 0 atom stereocenters. The van der Waals surface area contributed by atoms with Crippen molar-refractivity contribution >= 4 is 11.6 Å². The minimum absolute atomic E-state index is 0.218. The molecule has 3 N–H and O–H groups in total. The van der Waals surface area contributed by atoms with Crippen molar-refractivity contribution in [3.05, 3.63) is 54.3 Å². The van der Waals surface area contributed by atoms with Crippen LogP contribution in [0.15, 0.2) is 48.5 Å². The lowest BCUT2D eigenvalue weighted by atomic mass is 9.90. The molecule has 1 aliphatic heterocycles. The highest BCUT2D eigenvalue weighted by molar-refractivity contribution is 5.98. The van der Waals surface area contributed by atoms with Crippen LogP contribution in [0.25, 0.3) is 0 Å². The normalized spacial score (nSPS) is 16.4. The summed E-state index contributed by atoms with van der Waals surface area (Å²) in [5.41, 5.74) is 5.88. The van der Waals surface area contributed by atoms with Crippen molar-refractivity contribution in [1.82, 2.24) is 0 Å². The second-order valence-corrected chi connectivity index (χ2v) is 5.81. The maximum absolute atomic E-state index is 13.1. The molecule has 0 aromatic heterocycles. The third-order valence-corrected chi connectivity index (χ3v) is 3.98. The molecule has 1 heterocycles. The van der Waals surface area contributed by atoms with Gasteiger partial charge < -0.3 is 20.5 Å². The number of amides is 1. The predicted octanol–water partition coefficient (Wildman–Crippen LogP) is 3.06. The van der Waals surface area contributed by atoms with Crippen LogP contribution < -0.4 is 15.8 Å². The van der Waals surface area contributed by atoms with E-state index in [9.17, 15) is 9.18 Å². The lowest BCUT2D eigenvalue weighted by Crippen LogP contribution is -2.54. The van der Waals surface area contributed by atoms with Gasteiger partial charge in [-0.15, -0.1) is 0 Å². The summed E-state index contributed by atoms with van der Waals surface area (Å²) >= 11 is 0. The number of rotatable bonds is 4. The number of benzene rings is 2. The zero-order valence-electron chi connectivity index (χ0n) is 13.1. The van der Waals surface area contributed by atoms with E-state index in [4.69, 9.17) is 15.2 Å². The molecule has 0 radical (unpaired) electrons. The Morgan fingerprint density at radius 2 is 1.83 bits per heavy atom. The van der Waals surface area contributed by atoms with Crippen molar-refractivity contribution in [3.8, 4) is 11.5 Å². The van der Waals surface area contributed by atoms with E-state index in [2.05, 4.69) is 5.32 Å². The van der Waals surface area contributed by atoms with Crippen LogP contribution in [0, 0.1) is 5.82 Å². The van der Waals surface area contributed by atoms with Crippen molar-refractivity contribution in [2.24, 2.45) is 5.73 Å². The van der Waals surface area contributed by atoms with Crippen LogP contribution in [0.3, 0.4) is 0 Å². The van der Waals surface area contributed by atoms with Gasteiger partial charge in [0.25, 0.3) is 0 Å². The molecule has 24 heavy (non-hydrogen) atoms. The molecule has 1 fully saturated rings. The standard InChI is InChI=1S/C18H19FN2O3/c19-13-2-1-3-16(12-13)24-15-6-4-14(5-7-15)21-17(22)18(20)8-10-23-11-9-18/h1-7,12H,8-11,20H2,(H,21,22). The van der Waals surface area contributed by atoms with Crippen molar-refractivity contribution in [2.45, 2.75) is 18.4 Å². The van der Waals surface area contributed by atoms with Gasteiger partial charge in [0.05, 0.1) is 0 Å². The number of carbonyl (C=O) groups excluding carboxylic acids is 1. The number of halogens is 1. The maximum Gasteiger partial charge on any atom is 0.244 e. The highest BCUT2D eigenvalue weighted by Crippen LogP contribution is 2.25. The van der Waals surface area contributed by atoms with E-state index < -0.39 is 5.54 Å². The number of nitrogens with one attached hydrogen (secondary N) is 1. The molecule has 126 valence electrons. The second-order valence-electron chi connectivity index (χ2n) is 5.81. The van der Waals surface area contributed by atoms with Crippen LogP contribution in [0.2, 0.25) is 0 Å². The summed E-state index contributed by atoms with van der Waals surface area (Å²) in [4.78, 5) is 12.3. The number of carbonyl (C=O) groups is 1. The van der Waals surface area contributed by atoms with Crippen LogP contribution >= 0.6 is 0 Å². The molecule has 0 unspecified atom stereocenters. The fraction of sp³-hybridized carbons (Fsp3) is 0.278. The first-order chi connectivity index (χ1) is 11.5. The van der Waals surface area contributed by atoms with Gasteiger partial charge in [-0.3, -0.25) is 4.79 Å². The van der Waals surface area contributed by atoms with E-state index in [0.717, 1.165) is 0 Å². The van der Waals surface area contributed by atoms with E-state index in [1.54, 1.807) is 36.4 Å². The zero-order valence-corrected chi connectivity index (χ0v) is 13.1. The molecule has 1 amide bonds. The highest BCUT2D eigenvalue weighted by Gasteiger charge is 2.35. The molecule has 5 nitrogen and oxygen atoms in total. The Labute approximate surface area is 139 Å². The highest BCUT2D eigenvalue weighted by atomic mass is 19.1. The van der Waals surface area contributed by atoms with Gasteiger partial charge in [-0.05, 0) is 49.2 Å². The molecule has 0 spiro atoms. The minimum Gasteiger partial charge on any atom is -0.457 e. The van der Waals surface area contributed by atoms with Gasteiger partial charge in [-0.1, -0.05) is 6.07 Å². The van der Waals surface area contributed by atoms with Gasteiger partial charge >= 0.3 is 0 Å². The minimum atomic E-state index is -0.894. The van der Waals surface area contributed by atoms with Gasteiger partial charge in [-0.2, -0.15) is 0 Å². The van der Waals surface area contributed by atoms with Gasteiger partial charge in [0.2, 0.25) is 5.91 Å². The van der Waals surface area contributed by atoms with E-state index >= 15 is 0 Å². The fourth-order valence-corrected chi connectivity index (χ4v) is 2.49. The Hall–Kier alpha value is -2.44. The molecule has 2 aromatic carbocycles. The molecule has 6 heteroatoms. The summed E-state index contributed by atoms with van der Waals surface area (Å²) in [5, 5.41) is 2.82. The Kier molecular flexibility index (Phi) is 4.78. The summed E-state index contributed by atoms with van der Waals surface area (Å²) < 4.78 is 23.9. The number of hydrogen-bond acceptors (Lipinski definition) is 4. The second kappa shape index (κ2) is 6.98. The number of nitrogens with two attached hydrogens (primary N) is 1. The number of hydrogen-bond donors (Lipinski definition) is 2. The average molecular weight is 330 g/mol. The van der Waals surface area contributed by atoms with E-state index in [0.29, 0.717) is 43.2 Å². The van der Waals surface area contributed by atoms with Crippen molar-refractivity contribution in [2.75, 3.05) is 18.5 Å². The third kappa shape index (κ3) is 3.90. The van der Waals surface area contributed by atoms with Crippen molar-refractivity contribution < 1.29 is 18.7 Å². The average Bonchev–Trinajstić information content (AvgIpc) is 2.57. The number of anilines is 1. The first-order valence-corrected chi connectivity index (χ1v) is 7.77. The number of ether oxygens (including phenoxy) is 2. The summed E-state index contributed by atoms with van der Waals surface area (Å²) in [7, 11) is 0. The summed E-state index contributed by atoms with van der Waals surface area (Å²) in [6, 6.07) is 12.7. The van der Waals surface area contributed by atoms with Gasteiger partial charge in [0.15, 0.2) is 0 Å². The Bertz CT molecular complexity index is 712. The maximum atomic E-state index is 13.1. The molecular weight excluding hydrogens is 311 g/mol.